The lowest BCUT2D eigenvalue weighted by molar-refractivity contribution is 0.0991. The van der Waals surface area contributed by atoms with Crippen LogP contribution in [0.25, 0.3) is 0 Å². The lowest BCUT2D eigenvalue weighted by Crippen LogP contribution is -2.34. The molecule has 1 heterocycles. The standard InChI is InChI=1S/C14H16F2O3S/c1-8-13(5-6-19-8)20(18)9(2)14(17)10-3-4-11(15)12(16)7-10/h3-4,7-9,13H,5-6H2,1-2H3. The van der Waals surface area contributed by atoms with Gasteiger partial charge in [-0.1, -0.05) is 0 Å². The van der Waals surface area contributed by atoms with E-state index < -0.39 is 33.5 Å². The van der Waals surface area contributed by atoms with Crippen LogP contribution < -0.4 is 0 Å². The van der Waals surface area contributed by atoms with Crippen molar-refractivity contribution in [3.63, 3.8) is 0 Å². The Morgan fingerprint density at radius 3 is 2.65 bits per heavy atom. The average molecular weight is 302 g/mol. The molecule has 0 radical (unpaired) electrons. The van der Waals surface area contributed by atoms with E-state index >= 15 is 0 Å². The van der Waals surface area contributed by atoms with Crippen molar-refractivity contribution in [2.24, 2.45) is 0 Å². The molecule has 0 N–H and O–H groups in total. The zero-order chi connectivity index (χ0) is 14.9. The van der Waals surface area contributed by atoms with Gasteiger partial charge in [0.05, 0.1) is 16.6 Å². The number of ether oxygens (including phenoxy) is 1. The van der Waals surface area contributed by atoms with E-state index in [-0.39, 0.29) is 16.9 Å². The molecule has 1 saturated heterocycles. The Balaban J connectivity index is 2.15. The Morgan fingerprint density at radius 2 is 2.10 bits per heavy atom. The first-order valence-electron chi connectivity index (χ1n) is 6.42. The molecular formula is C14H16F2O3S. The van der Waals surface area contributed by atoms with Gasteiger partial charge in [0, 0.05) is 23.0 Å². The summed E-state index contributed by atoms with van der Waals surface area (Å²) in [4.78, 5) is 12.2. The van der Waals surface area contributed by atoms with E-state index in [0.717, 1.165) is 12.1 Å². The first-order chi connectivity index (χ1) is 9.41. The molecule has 0 spiro atoms. The molecule has 0 amide bonds. The summed E-state index contributed by atoms with van der Waals surface area (Å²) in [6, 6.07) is 2.96. The van der Waals surface area contributed by atoms with Crippen molar-refractivity contribution in [3.05, 3.63) is 35.4 Å². The van der Waals surface area contributed by atoms with Crippen LogP contribution >= 0.6 is 0 Å². The summed E-state index contributed by atoms with van der Waals surface area (Å²) in [6.45, 7) is 3.90. The van der Waals surface area contributed by atoms with Crippen molar-refractivity contribution in [1.29, 1.82) is 0 Å². The predicted octanol–water partition coefficient (Wildman–Crippen LogP) is 2.46. The van der Waals surface area contributed by atoms with E-state index in [4.69, 9.17) is 4.74 Å². The molecule has 0 aromatic heterocycles. The first-order valence-corrected chi connectivity index (χ1v) is 7.69. The van der Waals surface area contributed by atoms with Crippen LogP contribution in [-0.4, -0.2) is 33.2 Å². The number of carbonyl (C=O) groups excluding carboxylic acids is 1. The minimum Gasteiger partial charge on any atom is -0.377 e. The number of ketones is 1. The maximum atomic E-state index is 13.1. The van der Waals surface area contributed by atoms with E-state index in [0.29, 0.717) is 13.0 Å². The molecular weight excluding hydrogens is 286 g/mol. The first kappa shape index (κ1) is 15.3. The number of benzene rings is 1. The number of halogens is 2. The van der Waals surface area contributed by atoms with Crippen LogP contribution in [0.4, 0.5) is 8.78 Å². The topological polar surface area (TPSA) is 43.4 Å². The second kappa shape index (κ2) is 6.10. The van der Waals surface area contributed by atoms with Gasteiger partial charge in [-0.05, 0) is 38.5 Å². The van der Waals surface area contributed by atoms with Gasteiger partial charge in [0.1, 0.15) is 0 Å². The zero-order valence-electron chi connectivity index (χ0n) is 11.3. The van der Waals surface area contributed by atoms with Crippen molar-refractivity contribution in [1.82, 2.24) is 0 Å². The highest BCUT2D eigenvalue weighted by Crippen LogP contribution is 2.23. The van der Waals surface area contributed by atoms with Gasteiger partial charge in [-0.3, -0.25) is 9.00 Å². The monoisotopic (exact) mass is 302 g/mol. The molecule has 2 rings (SSSR count). The Morgan fingerprint density at radius 1 is 1.40 bits per heavy atom. The molecule has 1 aliphatic heterocycles. The second-order valence-electron chi connectivity index (χ2n) is 4.87. The van der Waals surface area contributed by atoms with Crippen LogP contribution in [-0.2, 0) is 15.5 Å². The van der Waals surface area contributed by atoms with Crippen LogP contribution in [0.15, 0.2) is 18.2 Å². The van der Waals surface area contributed by atoms with Gasteiger partial charge >= 0.3 is 0 Å². The maximum Gasteiger partial charge on any atom is 0.178 e. The molecule has 6 heteroatoms. The number of hydrogen-bond acceptors (Lipinski definition) is 3. The zero-order valence-corrected chi connectivity index (χ0v) is 12.1. The Hall–Kier alpha value is -1.14. The van der Waals surface area contributed by atoms with E-state index in [2.05, 4.69) is 0 Å². The van der Waals surface area contributed by atoms with Gasteiger partial charge in [0.15, 0.2) is 17.4 Å². The fraction of sp³-hybridized carbons (Fsp3) is 0.500. The molecule has 1 fully saturated rings. The smallest absolute Gasteiger partial charge is 0.178 e. The van der Waals surface area contributed by atoms with Gasteiger partial charge in [-0.15, -0.1) is 0 Å². The Labute approximate surface area is 118 Å². The minimum absolute atomic E-state index is 0.0383. The Bertz CT molecular complexity index is 547. The third-order valence-electron chi connectivity index (χ3n) is 3.53. The van der Waals surface area contributed by atoms with Gasteiger partial charge in [0.2, 0.25) is 0 Å². The molecule has 0 aliphatic carbocycles. The van der Waals surface area contributed by atoms with Crippen LogP contribution in [0.5, 0.6) is 0 Å². The summed E-state index contributed by atoms with van der Waals surface area (Å²) in [5.41, 5.74) is 0.0383. The van der Waals surface area contributed by atoms with E-state index in [9.17, 15) is 17.8 Å². The highest BCUT2D eigenvalue weighted by atomic mass is 32.2. The molecule has 1 aromatic rings. The normalized spacial score (nSPS) is 25.4. The quantitative estimate of drug-likeness (QED) is 0.803. The van der Waals surface area contributed by atoms with Crippen LogP contribution in [0.3, 0.4) is 0 Å². The highest BCUT2D eigenvalue weighted by Gasteiger charge is 2.35. The van der Waals surface area contributed by atoms with Crippen molar-refractivity contribution in [2.75, 3.05) is 6.61 Å². The summed E-state index contributed by atoms with van der Waals surface area (Å²) in [5, 5.41) is -0.965. The lowest BCUT2D eigenvalue weighted by atomic mass is 10.1. The molecule has 4 unspecified atom stereocenters. The van der Waals surface area contributed by atoms with Crippen LogP contribution in [0, 0.1) is 11.6 Å². The van der Waals surface area contributed by atoms with Crippen molar-refractivity contribution in [2.45, 2.75) is 36.9 Å². The molecule has 1 aromatic carbocycles. The maximum absolute atomic E-state index is 13.1. The van der Waals surface area contributed by atoms with E-state index in [1.54, 1.807) is 6.92 Å². The van der Waals surface area contributed by atoms with Crippen molar-refractivity contribution < 1.29 is 22.5 Å². The summed E-state index contributed by atoms with van der Waals surface area (Å²) < 4.78 is 43.7. The van der Waals surface area contributed by atoms with E-state index in [1.165, 1.54) is 6.07 Å². The van der Waals surface area contributed by atoms with Gasteiger partial charge in [-0.2, -0.15) is 0 Å². The van der Waals surface area contributed by atoms with Crippen LogP contribution in [0.2, 0.25) is 0 Å². The highest BCUT2D eigenvalue weighted by molar-refractivity contribution is 7.87. The molecule has 110 valence electrons. The summed E-state index contributed by atoms with van der Waals surface area (Å²) in [5.74, 6) is -2.53. The van der Waals surface area contributed by atoms with Crippen molar-refractivity contribution in [3.8, 4) is 0 Å². The molecule has 1 aliphatic rings. The van der Waals surface area contributed by atoms with Crippen LogP contribution in [0.1, 0.15) is 30.6 Å². The number of carbonyl (C=O) groups is 1. The number of rotatable bonds is 4. The average Bonchev–Trinajstić information content (AvgIpc) is 2.85. The molecule has 3 nitrogen and oxygen atoms in total. The van der Waals surface area contributed by atoms with Gasteiger partial charge < -0.3 is 4.74 Å². The lowest BCUT2D eigenvalue weighted by Gasteiger charge is -2.18. The summed E-state index contributed by atoms with van der Waals surface area (Å²) in [6.07, 6.45) is 0.486. The summed E-state index contributed by atoms with van der Waals surface area (Å²) in [7, 11) is -1.40. The number of hydrogen-bond donors (Lipinski definition) is 0. The van der Waals surface area contributed by atoms with Gasteiger partial charge in [-0.25, -0.2) is 8.78 Å². The van der Waals surface area contributed by atoms with Gasteiger partial charge in [0.25, 0.3) is 0 Å². The third-order valence-corrected chi connectivity index (χ3v) is 5.65. The molecule has 20 heavy (non-hydrogen) atoms. The summed E-state index contributed by atoms with van der Waals surface area (Å²) >= 11 is 0. The Kier molecular flexibility index (Phi) is 4.65. The largest absolute Gasteiger partial charge is 0.377 e. The minimum atomic E-state index is -1.40. The number of Topliss-reactive ketones (excluding diaryl/α,β-unsaturated/α-hetero) is 1. The molecule has 4 atom stereocenters. The third kappa shape index (κ3) is 2.96. The fourth-order valence-corrected chi connectivity index (χ4v) is 3.93. The molecule has 0 bridgehead atoms. The predicted molar refractivity (Wildman–Crippen MR) is 72.1 cm³/mol. The molecule has 0 saturated carbocycles. The second-order valence-corrected chi connectivity index (χ2v) is 6.84. The fourth-order valence-electron chi connectivity index (χ4n) is 2.27. The SMILES string of the molecule is CC1OCCC1S(=O)C(C)C(=O)c1ccc(F)c(F)c1. The van der Waals surface area contributed by atoms with E-state index in [1.807, 2.05) is 6.92 Å². The van der Waals surface area contributed by atoms with Crippen molar-refractivity contribution >= 4 is 16.6 Å².